The van der Waals surface area contributed by atoms with Crippen LogP contribution in [0.3, 0.4) is 0 Å². The number of nitrogens with zero attached hydrogens (tertiary/aromatic N) is 3. The Labute approximate surface area is 130 Å². The predicted molar refractivity (Wildman–Crippen MR) is 76.5 cm³/mol. The molecule has 0 bridgehead atoms. The van der Waals surface area contributed by atoms with Crippen LogP contribution >= 0.6 is 0 Å². The van der Waals surface area contributed by atoms with Crippen LogP contribution in [0.4, 0.5) is 18.9 Å². The number of piperidine rings is 1. The van der Waals surface area contributed by atoms with Gasteiger partial charge >= 0.3 is 6.18 Å². The van der Waals surface area contributed by atoms with Gasteiger partial charge in [-0.05, 0) is 37.0 Å². The van der Waals surface area contributed by atoms with Gasteiger partial charge in [0.1, 0.15) is 0 Å². The lowest BCUT2D eigenvalue weighted by Crippen LogP contribution is -2.36. The molecule has 1 saturated heterocycles. The minimum Gasteiger partial charge on any atom is -0.371 e. The van der Waals surface area contributed by atoms with Crippen LogP contribution in [0.2, 0.25) is 0 Å². The highest BCUT2D eigenvalue weighted by Gasteiger charge is 2.34. The van der Waals surface area contributed by atoms with Crippen LogP contribution < -0.4 is 4.90 Å². The van der Waals surface area contributed by atoms with Gasteiger partial charge in [-0.2, -0.15) is 18.4 Å². The number of nitroso groups, excluding NO2 is 1. The van der Waals surface area contributed by atoms with Crippen LogP contribution in [-0.2, 0) is 11.0 Å². The van der Waals surface area contributed by atoms with Crippen LogP contribution in [0.15, 0.2) is 23.4 Å². The van der Waals surface area contributed by atoms with E-state index in [0.717, 1.165) is 18.6 Å². The van der Waals surface area contributed by atoms with E-state index in [1.54, 1.807) is 11.0 Å². The maximum atomic E-state index is 13.0. The third-order valence-corrected chi connectivity index (χ3v) is 3.88. The maximum absolute atomic E-state index is 13.0. The fourth-order valence-corrected chi connectivity index (χ4v) is 2.81. The molecule has 0 saturated carbocycles. The largest absolute Gasteiger partial charge is 0.417 e. The standard InChI is InChI=1S/C15H14F3N3O2/c16-15(17,18)13-7-12(4-3-11(13)8-19)21-5-1-2-10(9-21)6-14(22)20-23/h3-4,7,10H,1-2,5-6,9H2. The van der Waals surface area contributed by atoms with Crippen molar-refractivity contribution < 1.29 is 18.0 Å². The molecule has 1 unspecified atom stereocenters. The molecule has 0 aromatic heterocycles. The summed E-state index contributed by atoms with van der Waals surface area (Å²) < 4.78 is 39.0. The quantitative estimate of drug-likeness (QED) is 0.798. The Kier molecular flexibility index (Phi) is 4.98. The highest BCUT2D eigenvalue weighted by atomic mass is 19.4. The van der Waals surface area contributed by atoms with E-state index in [1.165, 1.54) is 6.07 Å². The first-order valence-electron chi connectivity index (χ1n) is 7.07. The highest BCUT2D eigenvalue weighted by molar-refractivity contribution is 5.76. The lowest BCUT2D eigenvalue weighted by atomic mass is 9.94. The van der Waals surface area contributed by atoms with Crippen LogP contribution in [0, 0.1) is 22.2 Å². The summed E-state index contributed by atoms with van der Waals surface area (Å²) in [5, 5.41) is 11.2. The molecule has 1 aromatic carbocycles. The molecule has 1 aromatic rings. The van der Waals surface area contributed by atoms with Gasteiger partial charge in [-0.3, -0.25) is 4.79 Å². The van der Waals surface area contributed by atoms with E-state index in [0.29, 0.717) is 25.2 Å². The number of halogens is 3. The van der Waals surface area contributed by atoms with Gasteiger partial charge in [-0.25, -0.2) is 0 Å². The first-order valence-corrected chi connectivity index (χ1v) is 7.07. The summed E-state index contributed by atoms with van der Waals surface area (Å²) in [6.45, 7) is 0.937. The second kappa shape index (κ2) is 6.77. The van der Waals surface area contributed by atoms with Crippen molar-refractivity contribution in [3.63, 3.8) is 0 Å². The van der Waals surface area contributed by atoms with Gasteiger partial charge in [0.05, 0.1) is 17.2 Å². The van der Waals surface area contributed by atoms with E-state index in [2.05, 4.69) is 5.18 Å². The molecule has 0 N–H and O–H groups in total. The summed E-state index contributed by atoms with van der Waals surface area (Å²) in [7, 11) is 0. The number of alkyl halides is 3. The third kappa shape index (κ3) is 4.06. The van der Waals surface area contributed by atoms with E-state index in [9.17, 15) is 22.9 Å². The minimum atomic E-state index is -4.60. The smallest absolute Gasteiger partial charge is 0.371 e. The third-order valence-electron chi connectivity index (χ3n) is 3.88. The Hall–Kier alpha value is -2.43. The van der Waals surface area contributed by atoms with E-state index in [-0.39, 0.29) is 12.3 Å². The van der Waals surface area contributed by atoms with Crippen molar-refractivity contribution in [1.82, 2.24) is 0 Å². The lowest BCUT2D eigenvalue weighted by molar-refractivity contribution is -0.137. The Morgan fingerprint density at radius 3 is 2.78 bits per heavy atom. The van der Waals surface area contributed by atoms with Crippen LogP contribution in [0.25, 0.3) is 0 Å². The van der Waals surface area contributed by atoms with Crippen molar-refractivity contribution in [2.24, 2.45) is 11.1 Å². The van der Waals surface area contributed by atoms with Crippen LogP contribution in [-0.4, -0.2) is 19.0 Å². The van der Waals surface area contributed by atoms with Crippen molar-refractivity contribution in [3.05, 3.63) is 34.2 Å². The monoisotopic (exact) mass is 325 g/mol. The molecular weight excluding hydrogens is 311 g/mol. The fourth-order valence-electron chi connectivity index (χ4n) is 2.81. The lowest BCUT2D eigenvalue weighted by Gasteiger charge is -2.34. The van der Waals surface area contributed by atoms with Gasteiger partial charge in [0, 0.05) is 30.4 Å². The van der Waals surface area contributed by atoms with Crippen molar-refractivity contribution in [1.29, 1.82) is 5.26 Å². The molecule has 0 radical (unpaired) electrons. The number of anilines is 1. The van der Waals surface area contributed by atoms with Gasteiger partial charge in [-0.1, -0.05) is 0 Å². The molecule has 1 aliphatic heterocycles. The Bertz CT molecular complexity index is 652. The van der Waals surface area contributed by atoms with Gasteiger partial charge in [0.15, 0.2) is 0 Å². The Morgan fingerprint density at radius 1 is 1.43 bits per heavy atom. The van der Waals surface area contributed by atoms with Crippen molar-refractivity contribution in [2.45, 2.75) is 25.4 Å². The zero-order valence-corrected chi connectivity index (χ0v) is 12.1. The summed E-state index contributed by atoms with van der Waals surface area (Å²) in [6.07, 6.45) is -3.17. The summed E-state index contributed by atoms with van der Waals surface area (Å²) in [4.78, 5) is 23.0. The molecule has 8 heteroatoms. The average molecular weight is 325 g/mol. The maximum Gasteiger partial charge on any atom is 0.417 e. The molecule has 23 heavy (non-hydrogen) atoms. The first-order chi connectivity index (χ1) is 10.8. The van der Waals surface area contributed by atoms with E-state index < -0.39 is 23.2 Å². The van der Waals surface area contributed by atoms with Gasteiger partial charge in [0.25, 0.3) is 5.91 Å². The Balaban J connectivity index is 2.23. The van der Waals surface area contributed by atoms with Crippen LogP contribution in [0.1, 0.15) is 30.4 Å². The summed E-state index contributed by atoms with van der Waals surface area (Å²) in [5.41, 5.74) is -1.03. The molecule has 1 heterocycles. The number of amides is 1. The van der Waals surface area contributed by atoms with E-state index in [4.69, 9.17) is 5.26 Å². The molecule has 1 fully saturated rings. The molecule has 1 atom stereocenters. The van der Waals surface area contributed by atoms with Gasteiger partial charge < -0.3 is 4.90 Å². The predicted octanol–water partition coefficient (Wildman–Crippen LogP) is 3.48. The molecule has 1 amide bonds. The van der Waals surface area contributed by atoms with E-state index >= 15 is 0 Å². The SMILES string of the molecule is N#Cc1ccc(N2CCCC(CC(=O)N=O)C2)cc1C(F)(F)F. The molecule has 1 aliphatic rings. The summed E-state index contributed by atoms with van der Waals surface area (Å²) in [6, 6.07) is 5.12. The normalized spacial score (nSPS) is 18.3. The average Bonchev–Trinajstić information content (AvgIpc) is 2.53. The molecule has 122 valence electrons. The highest BCUT2D eigenvalue weighted by Crippen LogP contribution is 2.35. The van der Waals surface area contributed by atoms with Crippen molar-refractivity contribution in [2.75, 3.05) is 18.0 Å². The number of benzene rings is 1. The fraction of sp³-hybridized carbons (Fsp3) is 0.467. The van der Waals surface area contributed by atoms with Crippen molar-refractivity contribution >= 4 is 11.6 Å². The molecule has 2 rings (SSSR count). The van der Waals surface area contributed by atoms with Gasteiger partial charge in [0.2, 0.25) is 0 Å². The molecule has 0 aliphatic carbocycles. The molecular formula is C15H14F3N3O2. The van der Waals surface area contributed by atoms with E-state index in [1.807, 2.05) is 0 Å². The first kappa shape index (κ1) is 16.9. The minimum absolute atomic E-state index is 0.00239. The second-order valence-electron chi connectivity index (χ2n) is 5.48. The number of hydrogen-bond donors (Lipinski definition) is 0. The molecule has 5 nitrogen and oxygen atoms in total. The summed E-state index contributed by atoms with van der Waals surface area (Å²) >= 11 is 0. The second-order valence-corrected chi connectivity index (χ2v) is 5.48. The number of rotatable bonds is 3. The summed E-state index contributed by atoms with van der Waals surface area (Å²) in [5.74, 6) is -0.855. The van der Waals surface area contributed by atoms with Gasteiger partial charge in [-0.15, -0.1) is 4.91 Å². The van der Waals surface area contributed by atoms with Crippen molar-refractivity contribution in [3.8, 4) is 6.07 Å². The number of carbonyl (C=O) groups is 1. The zero-order valence-electron chi connectivity index (χ0n) is 12.1. The molecule has 0 spiro atoms. The Morgan fingerprint density at radius 2 is 2.17 bits per heavy atom. The number of hydrogen-bond acceptors (Lipinski definition) is 4. The number of carbonyl (C=O) groups excluding carboxylic acids is 1. The number of nitriles is 1. The van der Waals surface area contributed by atoms with Crippen LogP contribution in [0.5, 0.6) is 0 Å². The zero-order chi connectivity index (χ0) is 17.0. The topological polar surface area (TPSA) is 73.5 Å².